The second-order valence-corrected chi connectivity index (χ2v) is 7.74. The average molecular weight is 480 g/mol. The second kappa shape index (κ2) is 8.22. The predicted molar refractivity (Wildman–Crippen MR) is 113 cm³/mol. The molecule has 0 spiro atoms. The number of aryl methyl sites for hydroxylation is 1. The molecule has 0 fully saturated rings. The highest BCUT2D eigenvalue weighted by atomic mass is 79.9. The van der Waals surface area contributed by atoms with Gasteiger partial charge in [0.1, 0.15) is 0 Å². The van der Waals surface area contributed by atoms with Gasteiger partial charge in [-0.2, -0.15) is 0 Å². The molecule has 3 rings (SSSR count). The number of nitrogens with one attached hydrogen (secondary N) is 3. The van der Waals surface area contributed by atoms with Crippen LogP contribution in [0.4, 0.5) is 16.2 Å². The normalized spacial score (nSPS) is 16.1. The van der Waals surface area contributed by atoms with E-state index in [9.17, 15) is 19.7 Å². The molecule has 2 aromatic carbocycles. The minimum atomic E-state index is -0.866. The Kier molecular flexibility index (Phi) is 5.90. The molecule has 1 aliphatic heterocycles. The van der Waals surface area contributed by atoms with Gasteiger partial charge in [0.25, 0.3) is 11.6 Å². The van der Waals surface area contributed by atoms with E-state index in [1.54, 1.807) is 31.2 Å². The van der Waals surface area contributed by atoms with Gasteiger partial charge in [0.2, 0.25) is 0 Å². The van der Waals surface area contributed by atoms with Crippen molar-refractivity contribution in [2.45, 2.75) is 19.9 Å². The van der Waals surface area contributed by atoms with Gasteiger partial charge in [-0.05, 0) is 59.1 Å². The van der Waals surface area contributed by atoms with E-state index in [1.165, 1.54) is 12.1 Å². The molecule has 1 heterocycles. The minimum absolute atomic E-state index is 0.168. The monoisotopic (exact) mass is 478 g/mol. The number of nitrogens with zero attached hydrogens (tertiary/aromatic N) is 1. The van der Waals surface area contributed by atoms with E-state index >= 15 is 0 Å². The summed E-state index contributed by atoms with van der Waals surface area (Å²) in [5.41, 5.74) is 2.16. The van der Waals surface area contributed by atoms with Gasteiger partial charge in [-0.25, -0.2) is 4.79 Å². The first-order chi connectivity index (χ1) is 13.7. The van der Waals surface area contributed by atoms with Crippen molar-refractivity contribution in [1.82, 2.24) is 10.6 Å². The molecule has 3 amide bonds. The summed E-state index contributed by atoms with van der Waals surface area (Å²) in [7, 11) is 0. The van der Waals surface area contributed by atoms with Crippen molar-refractivity contribution < 1.29 is 14.5 Å². The van der Waals surface area contributed by atoms with Crippen LogP contribution in [0, 0.1) is 17.0 Å². The van der Waals surface area contributed by atoms with Gasteiger partial charge in [0, 0.05) is 22.5 Å². The Morgan fingerprint density at radius 3 is 2.66 bits per heavy atom. The van der Waals surface area contributed by atoms with Crippen molar-refractivity contribution in [3.63, 3.8) is 0 Å². The second-order valence-electron chi connectivity index (χ2n) is 6.45. The number of halogens is 2. The van der Waals surface area contributed by atoms with Crippen molar-refractivity contribution in [2.24, 2.45) is 0 Å². The predicted octanol–water partition coefficient (Wildman–Crippen LogP) is 4.59. The van der Waals surface area contributed by atoms with Gasteiger partial charge >= 0.3 is 6.03 Å². The van der Waals surface area contributed by atoms with Gasteiger partial charge in [-0.1, -0.05) is 23.7 Å². The largest absolute Gasteiger partial charge is 0.327 e. The number of rotatable bonds is 4. The van der Waals surface area contributed by atoms with Crippen molar-refractivity contribution in [2.75, 3.05) is 5.32 Å². The van der Waals surface area contributed by atoms with Crippen LogP contribution in [-0.2, 0) is 4.79 Å². The zero-order valence-corrected chi connectivity index (χ0v) is 17.7. The molecule has 0 aromatic heterocycles. The van der Waals surface area contributed by atoms with Gasteiger partial charge in [-0.3, -0.25) is 14.9 Å². The molecule has 0 radical (unpaired) electrons. The number of carbonyl (C=O) groups is 2. The lowest BCUT2D eigenvalue weighted by Gasteiger charge is -2.28. The maximum absolute atomic E-state index is 13.1. The number of benzene rings is 2. The first-order valence-corrected chi connectivity index (χ1v) is 9.64. The van der Waals surface area contributed by atoms with Gasteiger partial charge < -0.3 is 16.0 Å². The third-order valence-corrected chi connectivity index (χ3v) is 5.37. The Balaban J connectivity index is 2.02. The lowest BCUT2D eigenvalue weighted by atomic mass is 9.94. The molecule has 150 valence electrons. The Hall–Kier alpha value is -2.91. The van der Waals surface area contributed by atoms with Crippen LogP contribution in [0.3, 0.4) is 0 Å². The molecular formula is C19H16BrClN4O4. The highest BCUT2D eigenvalue weighted by Crippen LogP contribution is 2.33. The quantitative estimate of drug-likeness (QED) is 0.440. The number of amides is 3. The van der Waals surface area contributed by atoms with Crippen LogP contribution in [0.1, 0.15) is 24.1 Å². The maximum atomic E-state index is 13.1. The number of anilines is 1. The number of hydrogen-bond acceptors (Lipinski definition) is 4. The summed E-state index contributed by atoms with van der Waals surface area (Å²) in [6.07, 6.45) is 0. The smallest absolute Gasteiger partial charge is 0.319 e. The first kappa shape index (κ1) is 20.8. The fourth-order valence-corrected chi connectivity index (χ4v) is 3.58. The number of hydrogen-bond donors (Lipinski definition) is 3. The summed E-state index contributed by atoms with van der Waals surface area (Å²) in [4.78, 5) is 35.8. The fraction of sp³-hybridized carbons (Fsp3) is 0.158. The lowest BCUT2D eigenvalue weighted by Crippen LogP contribution is -2.46. The van der Waals surface area contributed by atoms with Crippen LogP contribution in [-0.4, -0.2) is 16.9 Å². The Morgan fingerprint density at radius 2 is 1.97 bits per heavy atom. The van der Waals surface area contributed by atoms with Crippen LogP contribution in [0.25, 0.3) is 0 Å². The SMILES string of the molecule is CC1=C(C(=O)Nc2cc(Cl)ccc2C)C(c2ccc(Br)c([N+](=O)[O-])c2)NC(=O)N1. The first-order valence-electron chi connectivity index (χ1n) is 8.47. The number of nitro groups is 1. The molecular weight excluding hydrogens is 464 g/mol. The van der Waals surface area contributed by atoms with Crippen molar-refractivity contribution >= 4 is 50.8 Å². The Labute approximate surface area is 179 Å². The Morgan fingerprint density at radius 1 is 1.24 bits per heavy atom. The molecule has 3 N–H and O–H groups in total. The molecule has 1 aliphatic rings. The summed E-state index contributed by atoms with van der Waals surface area (Å²) in [5, 5.41) is 19.8. The van der Waals surface area contributed by atoms with Crippen molar-refractivity contribution in [3.8, 4) is 0 Å². The van der Waals surface area contributed by atoms with Gasteiger partial charge in [-0.15, -0.1) is 0 Å². The number of nitro benzene ring substituents is 1. The molecule has 0 aliphatic carbocycles. The molecule has 29 heavy (non-hydrogen) atoms. The van der Waals surface area contributed by atoms with Crippen LogP contribution in [0.15, 0.2) is 52.1 Å². The Bertz CT molecular complexity index is 1070. The van der Waals surface area contributed by atoms with E-state index in [2.05, 4.69) is 31.9 Å². The van der Waals surface area contributed by atoms with Gasteiger partial charge in [0.15, 0.2) is 0 Å². The van der Waals surface area contributed by atoms with E-state index in [0.717, 1.165) is 5.56 Å². The van der Waals surface area contributed by atoms with Crippen LogP contribution in [0.2, 0.25) is 5.02 Å². The standard InChI is InChI=1S/C19H16BrClN4O4/c1-9-3-5-12(21)8-14(9)23-18(26)16-10(2)22-19(27)24-17(16)11-4-6-13(20)15(7-11)25(28)29/h3-8,17H,1-2H3,(H,23,26)(H2,22,24,27). The molecule has 10 heteroatoms. The zero-order chi connectivity index (χ0) is 21.3. The van der Waals surface area contributed by atoms with E-state index < -0.39 is 22.9 Å². The number of allylic oxidation sites excluding steroid dienone is 1. The highest BCUT2D eigenvalue weighted by molar-refractivity contribution is 9.10. The zero-order valence-electron chi connectivity index (χ0n) is 15.4. The molecule has 0 saturated carbocycles. The van der Waals surface area contributed by atoms with Crippen molar-refractivity contribution in [1.29, 1.82) is 0 Å². The molecule has 8 nitrogen and oxygen atoms in total. The molecule has 2 aromatic rings. The summed E-state index contributed by atoms with van der Waals surface area (Å²) in [6.45, 7) is 3.42. The lowest BCUT2D eigenvalue weighted by molar-refractivity contribution is -0.385. The van der Waals surface area contributed by atoms with E-state index in [0.29, 0.717) is 26.4 Å². The third kappa shape index (κ3) is 4.41. The highest BCUT2D eigenvalue weighted by Gasteiger charge is 2.32. The molecule has 0 bridgehead atoms. The minimum Gasteiger partial charge on any atom is -0.327 e. The summed E-state index contributed by atoms with van der Waals surface area (Å²) in [6, 6.07) is 8.18. The van der Waals surface area contributed by atoms with E-state index in [4.69, 9.17) is 11.6 Å². The van der Waals surface area contributed by atoms with Crippen molar-refractivity contribution in [3.05, 3.63) is 78.4 Å². The number of urea groups is 1. The van der Waals surface area contributed by atoms with E-state index in [-0.39, 0.29) is 11.3 Å². The van der Waals surface area contributed by atoms with Gasteiger partial charge in [0.05, 0.1) is 21.0 Å². The van der Waals surface area contributed by atoms with Crippen LogP contribution < -0.4 is 16.0 Å². The maximum Gasteiger partial charge on any atom is 0.319 e. The molecule has 0 saturated heterocycles. The number of carbonyl (C=O) groups excluding carboxylic acids is 2. The van der Waals surface area contributed by atoms with Crippen LogP contribution in [0.5, 0.6) is 0 Å². The summed E-state index contributed by atoms with van der Waals surface area (Å²) >= 11 is 9.16. The average Bonchev–Trinajstić information content (AvgIpc) is 2.64. The van der Waals surface area contributed by atoms with E-state index in [1.807, 2.05) is 6.92 Å². The topological polar surface area (TPSA) is 113 Å². The molecule has 1 unspecified atom stereocenters. The fourth-order valence-electron chi connectivity index (χ4n) is 3.01. The summed E-state index contributed by atoms with van der Waals surface area (Å²) in [5.74, 6) is -0.462. The summed E-state index contributed by atoms with van der Waals surface area (Å²) < 4.78 is 0.299. The van der Waals surface area contributed by atoms with Crippen LogP contribution >= 0.6 is 27.5 Å². The third-order valence-electron chi connectivity index (χ3n) is 4.46. The molecule has 1 atom stereocenters.